The highest BCUT2D eigenvalue weighted by molar-refractivity contribution is 5.98. The van der Waals surface area contributed by atoms with Crippen molar-refractivity contribution < 1.29 is 9.59 Å². The molecule has 3 aromatic rings. The molecule has 0 unspecified atom stereocenters. The molecule has 150 valence electrons. The van der Waals surface area contributed by atoms with Crippen molar-refractivity contribution in [3.05, 3.63) is 71.9 Å². The number of likely N-dealkylation sites (tertiary alicyclic amines) is 1. The Morgan fingerprint density at radius 2 is 1.69 bits per heavy atom. The Morgan fingerprint density at radius 1 is 1.00 bits per heavy atom. The molecule has 0 atom stereocenters. The molecule has 0 spiro atoms. The first-order valence-electron chi connectivity index (χ1n) is 10.3. The van der Waals surface area contributed by atoms with Crippen LogP contribution in [-0.2, 0) is 18.3 Å². The lowest BCUT2D eigenvalue weighted by Crippen LogP contribution is -2.46. The van der Waals surface area contributed by atoms with E-state index in [4.69, 9.17) is 0 Å². The molecule has 1 aromatic heterocycles. The van der Waals surface area contributed by atoms with E-state index < -0.39 is 0 Å². The van der Waals surface area contributed by atoms with Gasteiger partial charge >= 0.3 is 0 Å². The summed E-state index contributed by atoms with van der Waals surface area (Å²) in [6, 6.07) is 20.2. The third-order valence-electron chi connectivity index (χ3n) is 5.80. The minimum Gasteiger partial charge on any atom is -0.353 e. The van der Waals surface area contributed by atoms with Gasteiger partial charge in [-0.05, 0) is 37.0 Å². The summed E-state index contributed by atoms with van der Waals surface area (Å²) in [7, 11) is 1.94. The zero-order chi connectivity index (χ0) is 20.2. The van der Waals surface area contributed by atoms with Crippen LogP contribution < -0.4 is 5.32 Å². The first kappa shape index (κ1) is 19.2. The molecule has 29 heavy (non-hydrogen) atoms. The van der Waals surface area contributed by atoms with Crippen LogP contribution in [0.5, 0.6) is 0 Å². The molecule has 0 aliphatic carbocycles. The van der Waals surface area contributed by atoms with Crippen molar-refractivity contribution in [1.29, 1.82) is 0 Å². The van der Waals surface area contributed by atoms with Gasteiger partial charge in [-0.3, -0.25) is 9.59 Å². The summed E-state index contributed by atoms with van der Waals surface area (Å²) in [5, 5.41) is 4.22. The van der Waals surface area contributed by atoms with Gasteiger partial charge in [0, 0.05) is 43.5 Å². The molecule has 0 radical (unpaired) electrons. The van der Waals surface area contributed by atoms with E-state index >= 15 is 0 Å². The van der Waals surface area contributed by atoms with E-state index in [0.717, 1.165) is 35.9 Å². The van der Waals surface area contributed by atoms with Crippen molar-refractivity contribution in [2.24, 2.45) is 7.05 Å². The van der Waals surface area contributed by atoms with Gasteiger partial charge in [0.15, 0.2) is 0 Å². The lowest BCUT2D eigenvalue weighted by Gasteiger charge is -2.32. The number of hydrogen-bond donors (Lipinski definition) is 1. The summed E-state index contributed by atoms with van der Waals surface area (Å²) >= 11 is 0. The molecule has 0 saturated carbocycles. The molecule has 0 bridgehead atoms. The van der Waals surface area contributed by atoms with Crippen LogP contribution in [0, 0.1) is 0 Å². The topological polar surface area (TPSA) is 54.3 Å². The molecule has 5 nitrogen and oxygen atoms in total. The summed E-state index contributed by atoms with van der Waals surface area (Å²) in [6.45, 7) is 1.34. The number of nitrogens with zero attached hydrogens (tertiary/aromatic N) is 2. The molecule has 1 fully saturated rings. The van der Waals surface area contributed by atoms with Gasteiger partial charge in [0.1, 0.15) is 5.69 Å². The summed E-state index contributed by atoms with van der Waals surface area (Å²) in [5.41, 5.74) is 2.96. The Hall–Kier alpha value is -3.08. The van der Waals surface area contributed by atoms with Crippen molar-refractivity contribution in [2.45, 2.75) is 31.7 Å². The Kier molecular flexibility index (Phi) is 5.65. The van der Waals surface area contributed by atoms with Crippen molar-refractivity contribution in [2.75, 3.05) is 13.1 Å². The number of carbonyl (C=O) groups excluding carboxylic acids is 2. The number of para-hydroxylation sites is 1. The van der Waals surface area contributed by atoms with Gasteiger partial charge in [0.2, 0.25) is 5.91 Å². The Bertz CT molecular complexity index is 1000. The Balaban J connectivity index is 1.29. The van der Waals surface area contributed by atoms with Gasteiger partial charge in [-0.25, -0.2) is 0 Å². The molecule has 1 aliphatic heterocycles. The number of carbonyl (C=O) groups is 2. The number of fused-ring (bicyclic) bond motifs is 1. The van der Waals surface area contributed by atoms with Crippen molar-refractivity contribution in [1.82, 2.24) is 14.8 Å². The summed E-state index contributed by atoms with van der Waals surface area (Å²) < 4.78 is 1.97. The van der Waals surface area contributed by atoms with Crippen LogP contribution in [0.15, 0.2) is 60.7 Å². The van der Waals surface area contributed by atoms with E-state index in [0.29, 0.717) is 19.5 Å². The fraction of sp³-hybridized carbons (Fsp3) is 0.333. The van der Waals surface area contributed by atoms with Gasteiger partial charge in [-0.1, -0.05) is 48.5 Å². The van der Waals surface area contributed by atoms with Crippen LogP contribution in [0.2, 0.25) is 0 Å². The van der Waals surface area contributed by atoms with E-state index in [2.05, 4.69) is 5.32 Å². The fourth-order valence-corrected chi connectivity index (χ4v) is 4.09. The lowest BCUT2D eigenvalue weighted by atomic mass is 10.0. The van der Waals surface area contributed by atoms with Crippen LogP contribution >= 0.6 is 0 Å². The maximum Gasteiger partial charge on any atom is 0.270 e. The molecule has 2 amide bonds. The van der Waals surface area contributed by atoms with E-state index in [-0.39, 0.29) is 17.9 Å². The van der Waals surface area contributed by atoms with Gasteiger partial charge < -0.3 is 14.8 Å². The van der Waals surface area contributed by atoms with Crippen LogP contribution in [-0.4, -0.2) is 40.4 Å². The molecular weight excluding hydrogens is 362 g/mol. The zero-order valence-corrected chi connectivity index (χ0v) is 16.8. The highest BCUT2D eigenvalue weighted by Gasteiger charge is 2.26. The van der Waals surface area contributed by atoms with Gasteiger partial charge in [0.25, 0.3) is 5.91 Å². The second-order valence-electron chi connectivity index (χ2n) is 7.77. The third-order valence-corrected chi connectivity index (χ3v) is 5.80. The van der Waals surface area contributed by atoms with Crippen molar-refractivity contribution >= 4 is 22.7 Å². The number of piperidine rings is 1. The number of amides is 2. The van der Waals surface area contributed by atoms with Crippen LogP contribution in [0.25, 0.3) is 10.9 Å². The highest BCUT2D eigenvalue weighted by atomic mass is 16.2. The van der Waals surface area contributed by atoms with Crippen molar-refractivity contribution in [3.63, 3.8) is 0 Å². The summed E-state index contributed by atoms with van der Waals surface area (Å²) in [6.07, 6.45) is 2.85. The Labute approximate surface area is 171 Å². The number of benzene rings is 2. The SMILES string of the molecule is Cn1c(C(=O)N2CCC(NC(=O)CCc3ccccc3)CC2)cc2ccccc21. The molecule has 2 aromatic carbocycles. The van der Waals surface area contributed by atoms with Gasteiger partial charge in [-0.15, -0.1) is 0 Å². The molecular formula is C24H27N3O2. The van der Waals surface area contributed by atoms with Gasteiger partial charge in [-0.2, -0.15) is 0 Å². The summed E-state index contributed by atoms with van der Waals surface area (Å²) in [4.78, 5) is 27.2. The highest BCUT2D eigenvalue weighted by Crippen LogP contribution is 2.21. The molecule has 2 heterocycles. The Morgan fingerprint density at radius 3 is 2.41 bits per heavy atom. The minimum atomic E-state index is 0.0672. The first-order chi connectivity index (χ1) is 14.1. The van der Waals surface area contributed by atoms with E-state index in [9.17, 15) is 9.59 Å². The molecule has 4 rings (SSSR count). The third kappa shape index (κ3) is 4.34. The largest absolute Gasteiger partial charge is 0.353 e. The number of nitrogens with one attached hydrogen (secondary N) is 1. The normalized spacial score (nSPS) is 14.9. The first-order valence-corrected chi connectivity index (χ1v) is 10.3. The van der Waals surface area contributed by atoms with Crippen LogP contribution in [0.4, 0.5) is 0 Å². The molecule has 1 aliphatic rings. The second kappa shape index (κ2) is 8.52. The predicted octanol–water partition coefficient (Wildman–Crippen LogP) is 3.53. The predicted molar refractivity (Wildman–Crippen MR) is 115 cm³/mol. The summed E-state index contributed by atoms with van der Waals surface area (Å²) in [5.74, 6) is 0.157. The molecule has 1 saturated heterocycles. The van der Waals surface area contributed by atoms with Crippen LogP contribution in [0.1, 0.15) is 35.3 Å². The van der Waals surface area contributed by atoms with E-state index in [1.54, 1.807) is 0 Å². The van der Waals surface area contributed by atoms with Crippen molar-refractivity contribution in [3.8, 4) is 0 Å². The zero-order valence-electron chi connectivity index (χ0n) is 16.8. The second-order valence-corrected chi connectivity index (χ2v) is 7.77. The maximum absolute atomic E-state index is 13.0. The van der Waals surface area contributed by atoms with Crippen LogP contribution in [0.3, 0.4) is 0 Å². The quantitative estimate of drug-likeness (QED) is 0.726. The number of aromatic nitrogens is 1. The average molecular weight is 389 g/mol. The monoisotopic (exact) mass is 389 g/mol. The maximum atomic E-state index is 13.0. The average Bonchev–Trinajstić information content (AvgIpc) is 3.10. The minimum absolute atomic E-state index is 0.0672. The number of aryl methyl sites for hydroxylation is 2. The fourth-order valence-electron chi connectivity index (χ4n) is 4.09. The van der Waals surface area contributed by atoms with E-state index in [1.807, 2.05) is 77.2 Å². The standard InChI is InChI=1S/C24H27N3O2/c1-26-21-10-6-5-9-19(21)17-22(26)24(29)27-15-13-20(14-16-27)25-23(28)12-11-18-7-3-2-4-8-18/h2-10,17,20H,11-16H2,1H3,(H,25,28). The lowest BCUT2D eigenvalue weighted by molar-refractivity contribution is -0.122. The molecule has 1 N–H and O–H groups in total. The van der Waals surface area contributed by atoms with E-state index in [1.165, 1.54) is 5.56 Å². The number of rotatable bonds is 5. The number of hydrogen-bond acceptors (Lipinski definition) is 2. The smallest absolute Gasteiger partial charge is 0.270 e. The molecule has 5 heteroatoms. The van der Waals surface area contributed by atoms with Gasteiger partial charge in [0.05, 0.1) is 0 Å².